The highest BCUT2D eigenvalue weighted by Crippen LogP contribution is 2.43. The smallest absolute Gasteiger partial charge is 0.264 e. The molecule has 154 valence electrons. The minimum absolute atomic E-state index is 0.217. The van der Waals surface area contributed by atoms with Crippen LogP contribution in [0, 0.1) is 6.92 Å². The Bertz CT molecular complexity index is 1120. The topological polar surface area (TPSA) is 66.8 Å². The number of aliphatic hydroxyl groups is 1. The highest BCUT2D eigenvalue weighted by atomic mass is 16.5. The lowest BCUT2D eigenvalue weighted by Crippen LogP contribution is -2.42. The number of amides is 1. The monoisotopic (exact) mass is 403 g/mol. The van der Waals surface area contributed by atoms with E-state index < -0.39 is 11.5 Å². The summed E-state index contributed by atoms with van der Waals surface area (Å²) in [4.78, 5) is 26.4. The molecule has 1 aliphatic heterocycles. The molecule has 1 heterocycles. The summed E-state index contributed by atoms with van der Waals surface area (Å²) in [5.74, 6) is 0.146. The molecule has 0 spiro atoms. The van der Waals surface area contributed by atoms with Gasteiger partial charge >= 0.3 is 0 Å². The predicted molar refractivity (Wildman–Crippen MR) is 117 cm³/mol. The summed E-state index contributed by atoms with van der Waals surface area (Å²) in [7, 11) is 0. The Hall–Kier alpha value is -3.18. The van der Waals surface area contributed by atoms with Gasteiger partial charge in [0, 0.05) is 23.9 Å². The minimum atomic E-state index is -1.79. The van der Waals surface area contributed by atoms with Gasteiger partial charge in [0.25, 0.3) is 5.91 Å². The van der Waals surface area contributed by atoms with Crippen molar-refractivity contribution < 1.29 is 19.4 Å². The first-order valence-electron chi connectivity index (χ1n) is 10.2. The Kier molecular flexibility index (Phi) is 5.31. The SMILES string of the molecule is CC(=O)CC1(O)C(=O)N(CCCOc2cccc3ccccc23)c2ccc(C)cc21. The van der Waals surface area contributed by atoms with Crippen molar-refractivity contribution in [1.82, 2.24) is 0 Å². The number of ketones is 1. The van der Waals surface area contributed by atoms with Gasteiger partial charge in [0.1, 0.15) is 11.5 Å². The van der Waals surface area contributed by atoms with Crippen LogP contribution in [0.25, 0.3) is 10.8 Å². The van der Waals surface area contributed by atoms with Gasteiger partial charge in [-0.1, -0.05) is 54.1 Å². The van der Waals surface area contributed by atoms with Gasteiger partial charge in [0.2, 0.25) is 0 Å². The molecular weight excluding hydrogens is 378 g/mol. The van der Waals surface area contributed by atoms with Crippen LogP contribution in [-0.4, -0.2) is 29.9 Å². The van der Waals surface area contributed by atoms with Crippen molar-refractivity contribution in [1.29, 1.82) is 0 Å². The van der Waals surface area contributed by atoms with Crippen LogP contribution in [0.1, 0.15) is 30.9 Å². The summed E-state index contributed by atoms with van der Waals surface area (Å²) in [6, 6.07) is 19.5. The Morgan fingerprint density at radius 2 is 1.87 bits per heavy atom. The first-order valence-corrected chi connectivity index (χ1v) is 10.2. The molecule has 5 heteroatoms. The zero-order chi connectivity index (χ0) is 21.3. The van der Waals surface area contributed by atoms with Gasteiger partial charge in [0.15, 0.2) is 5.60 Å². The Balaban J connectivity index is 1.48. The van der Waals surface area contributed by atoms with Crippen molar-refractivity contribution in [3.05, 3.63) is 71.8 Å². The molecule has 0 saturated carbocycles. The Morgan fingerprint density at radius 1 is 1.10 bits per heavy atom. The van der Waals surface area contributed by atoms with Gasteiger partial charge in [-0.25, -0.2) is 0 Å². The maximum atomic E-state index is 13.1. The van der Waals surface area contributed by atoms with E-state index in [0.29, 0.717) is 30.8 Å². The summed E-state index contributed by atoms with van der Waals surface area (Å²) in [6.45, 7) is 4.13. The molecule has 3 aromatic rings. The molecule has 1 atom stereocenters. The van der Waals surface area contributed by atoms with Gasteiger partial charge in [-0.05, 0) is 37.8 Å². The van der Waals surface area contributed by atoms with E-state index in [1.165, 1.54) is 6.92 Å². The van der Waals surface area contributed by atoms with E-state index in [0.717, 1.165) is 22.1 Å². The highest BCUT2D eigenvalue weighted by molar-refractivity contribution is 6.08. The van der Waals surface area contributed by atoms with Crippen molar-refractivity contribution in [3.63, 3.8) is 0 Å². The molecule has 0 bridgehead atoms. The van der Waals surface area contributed by atoms with Gasteiger partial charge in [0.05, 0.1) is 12.3 Å². The van der Waals surface area contributed by atoms with E-state index in [1.54, 1.807) is 11.0 Å². The van der Waals surface area contributed by atoms with Gasteiger partial charge in [-0.2, -0.15) is 0 Å². The quantitative estimate of drug-likeness (QED) is 0.603. The number of aryl methyl sites for hydroxylation is 1. The normalized spacial score (nSPS) is 18.0. The molecule has 1 N–H and O–H groups in total. The first kappa shape index (κ1) is 20.1. The molecule has 0 saturated heterocycles. The number of Topliss-reactive ketones (excluding diaryl/α,β-unsaturated/α-hetero) is 1. The van der Waals surface area contributed by atoms with Gasteiger partial charge in [-0.15, -0.1) is 0 Å². The first-order chi connectivity index (χ1) is 14.4. The molecule has 0 aromatic heterocycles. The fraction of sp³-hybridized carbons (Fsp3) is 0.280. The average molecular weight is 403 g/mol. The number of anilines is 1. The van der Waals surface area contributed by atoms with Crippen molar-refractivity contribution in [2.45, 2.75) is 32.3 Å². The lowest BCUT2D eigenvalue weighted by molar-refractivity contribution is -0.141. The number of ether oxygens (including phenoxy) is 1. The van der Waals surface area contributed by atoms with Gasteiger partial charge < -0.3 is 14.7 Å². The van der Waals surface area contributed by atoms with Crippen LogP contribution >= 0.6 is 0 Å². The Labute approximate surface area is 175 Å². The summed E-state index contributed by atoms with van der Waals surface area (Å²) in [6.07, 6.45) is 0.379. The van der Waals surface area contributed by atoms with E-state index in [9.17, 15) is 14.7 Å². The van der Waals surface area contributed by atoms with E-state index >= 15 is 0 Å². The highest BCUT2D eigenvalue weighted by Gasteiger charge is 2.50. The number of benzene rings is 3. The number of hydrogen-bond donors (Lipinski definition) is 1. The number of rotatable bonds is 7. The number of hydrogen-bond acceptors (Lipinski definition) is 4. The molecule has 0 radical (unpaired) electrons. The van der Waals surface area contributed by atoms with Gasteiger partial charge in [-0.3, -0.25) is 9.59 Å². The fourth-order valence-corrected chi connectivity index (χ4v) is 4.14. The van der Waals surface area contributed by atoms with Crippen LogP contribution in [0.3, 0.4) is 0 Å². The minimum Gasteiger partial charge on any atom is -0.493 e. The number of nitrogens with zero attached hydrogens (tertiary/aromatic N) is 1. The van der Waals surface area contributed by atoms with Crippen molar-refractivity contribution in [3.8, 4) is 5.75 Å². The zero-order valence-corrected chi connectivity index (χ0v) is 17.2. The third kappa shape index (κ3) is 3.57. The third-order valence-corrected chi connectivity index (χ3v) is 5.53. The van der Waals surface area contributed by atoms with Crippen LogP contribution < -0.4 is 9.64 Å². The largest absolute Gasteiger partial charge is 0.493 e. The van der Waals surface area contributed by atoms with Crippen molar-refractivity contribution in [2.75, 3.05) is 18.1 Å². The van der Waals surface area contributed by atoms with E-state index in [1.807, 2.05) is 61.5 Å². The van der Waals surface area contributed by atoms with E-state index in [4.69, 9.17) is 4.74 Å². The summed E-state index contributed by atoms with van der Waals surface area (Å²) in [5.41, 5.74) is 0.325. The maximum Gasteiger partial charge on any atom is 0.264 e. The number of carbonyl (C=O) groups is 2. The lowest BCUT2D eigenvalue weighted by atomic mass is 9.89. The van der Waals surface area contributed by atoms with E-state index in [-0.39, 0.29) is 12.2 Å². The molecule has 30 heavy (non-hydrogen) atoms. The summed E-state index contributed by atoms with van der Waals surface area (Å²) >= 11 is 0. The average Bonchev–Trinajstić information content (AvgIpc) is 2.92. The second-order valence-corrected chi connectivity index (χ2v) is 7.90. The van der Waals surface area contributed by atoms with Crippen LogP contribution in [0.15, 0.2) is 60.7 Å². The summed E-state index contributed by atoms with van der Waals surface area (Å²) < 4.78 is 5.98. The molecule has 5 nitrogen and oxygen atoms in total. The molecular formula is C25H25NO4. The number of carbonyl (C=O) groups excluding carboxylic acids is 2. The molecule has 1 unspecified atom stereocenters. The van der Waals surface area contributed by atoms with Crippen molar-refractivity contribution >= 4 is 28.2 Å². The Morgan fingerprint density at radius 3 is 2.67 bits per heavy atom. The van der Waals surface area contributed by atoms with Crippen LogP contribution in [0.4, 0.5) is 5.69 Å². The predicted octanol–water partition coefficient (Wildman–Crippen LogP) is 4.13. The van der Waals surface area contributed by atoms with Crippen LogP contribution in [0.5, 0.6) is 5.75 Å². The van der Waals surface area contributed by atoms with E-state index in [2.05, 4.69) is 0 Å². The molecule has 1 aliphatic rings. The summed E-state index contributed by atoms with van der Waals surface area (Å²) in [5, 5.41) is 13.3. The molecule has 1 amide bonds. The van der Waals surface area contributed by atoms with Crippen molar-refractivity contribution in [2.24, 2.45) is 0 Å². The third-order valence-electron chi connectivity index (χ3n) is 5.53. The fourth-order valence-electron chi connectivity index (χ4n) is 4.14. The molecule has 0 fully saturated rings. The lowest BCUT2D eigenvalue weighted by Gasteiger charge is -2.22. The maximum absolute atomic E-state index is 13.1. The van der Waals surface area contributed by atoms with Crippen LogP contribution in [0.2, 0.25) is 0 Å². The zero-order valence-electron chi connectivity index (χ0n) is 17.2. The number of fused-ring (bicyclic) bond motifs is 2. The van der Waals surface area contributed by atoms with Crippen LogP contribution in [-0.2, 0) is 15.2 Å². The second-order valence-electron chi connectivity index (χ2n) is 7.90. The standard InChI is InChI=1S/C25H25NO4/c1-17-11-12-22-21(15-17)25(29,16-18(2)27)24(28)26(22)13-6-14-30-23-10-5-8-19-7-3-4-9-20(19)23/h3-5,7-12,15,29H,6,13-14,16H2,1-2H3. The molecule has 3 aromatic carbocycles. The second kappa shape index (κ2) is 7.92. The molecule has 0 aliphatic carbocycles. The molecule has 4 rings (SSSR count).